The van der Waals surface area contributed by atoms with Crippen LogP contribution in [0, 0.1) is 0 Å². The van der Waals surface area contributed by atoms with Gasteiger partial charge in [0.05, 0.1) is 5.69 Å². The molecule has 3 rings (SSSR count). The van der Waals surface area contributed by atoms with Crippen molar-refractivity contribution in [2.45, 2.75) is 44.1 Å². The minimum Gasteiger partial charge on any atom is -0.327 e. The van der Waals surface area contributed by atoms with Crippen molar-refractivity contribution in [1.82, 2.24) is 9.78 Å². The maximum atomic E-state index is 6.38. The second kappa shape index (κ2) is 5.57. The van der Waals surface area contributed by atoms with Crippen LogP contribution in [0.5, 0.6) is 0 Å². The normalized spacial score (nSPS) is 24.1. The van der Waals surface area contributed by atoms with Gasteiger partial charge in [-0.3, -0.25) is 0 Å². The third-order valence-electron chi connectivity index (χ3n) is 4.12. The highest BCUT2D eigenvalue weighted by atomic mass is 15.3. The summed E-state index contributed by atoms with van der Waals surface area (Å²) in [7, 11) is 0. The lowest BCUT2D eigenvalue weighted by Crippen LogP contribution is -2.28. The van der Waals surface area contributed by atoms with E-state index in [1.54, 1.807) is 0 Å². The predicted octanol–water partition coefficient (Wildman–Crippen LogP) is 3.25. The van der Waals surface area contributed by atoms with Crippen LogP contribution in [0.15, 0.2) is 42.6 Å². The Morgan fingerprint density at radius 3 is 2.63 bits per heavy atom. The van der Waals surface area contributed by atoms with Gasteiger partial charge in [-0.2, -0.15) is 5.10 Å². The van der Waals surface area contributed by atoms with Crippen LogP contribution >= 0.6 is 0 Å². The first-order valence-electron chi connectivity index (χ1n) is 7.21. The smallest absolute Gasteiger partial charge is 0.0648 e. The van der Waals surface area contributed by atoms with Gasteiger partial charge in [0.15, 0.2) is 0 Å². The third kappa shape index (κ3) is 2.56. The average molecular weight is 255 g/mol. The summed E-state index contributed by atoms with van der Waals surface area (Å²) in [6, 6.07) is 12.7. The van der Waals surface area contributed by atoms with Gasteiger partial charge in [0.2, 0.25) is 0 Å². The van der Waals surface area contributed by atoms with Crippen LogP contribution < -0.4 is 5.73 Å². The second-order valence-electron chi connectivity index (χ2n) is 5.41. The minimum atomic E-state index is 0.265. The first-order chi connectivity index (χ1) is 9.36. The largest absolute Gasteiger partial charge is 0.327 e. The summed E-state index contributed by atoms with van der Waals surface area (Å²) in [6.45, 7) is 0. The fourth-order valence-corrected chi connectivity index (χ4v) is 3.08. The highest BCUT2D eigenvalue weighted by molar-refractivity contribution is 5.33. The third-order valence-corrected chi connectivity index (χ3v) is 4.12. The number of nitrogens with two attached hydrogens (primary N) is 1. The molecule has 0 bridgehead atoms. The summed E-state index contributed by atoms with van der Waals surface area (Å²) in [5.74, 6) is 0.435. The number of rotatable bonds is 2. The van der Waals surface area contributed by atoms with Crippen LogP contribution in [-0.4, -0.2) is 15.8 Å². The number of hydrogen-bond donors (Lipinski definition) is 1. The second-order valence-corrected chi connectivity index (χ2v) is 5.41. The van der Waals surface area contributed by atoms with Crippen molar-refractivity contribution in [2.24, 2.45) is 5.73 Å². The summed E-state index contributed by atoms with van der Waals surface area (Å²) < 4.78 is 2.05. The first kappa shape index (κ1) is 12.4. The Hall–Kier alpha value is -1.61. The summed E-state index contributed by atoms with van der Waals surface area (Å²) in [4.78, 5) is 0. The molecule has 0 spiro atoms. The first-order valence-corrected chi connectivity index (χ1v) is 7.21. The number of aromatic nitrogens is 2. The van der Waals surface area contributed by atoms with Gasteiger partial charge in [0, 0.05) is 23.9 Å². The fraction of sp³-hybridized carbons (Fsp3) is 0.438. The van der Waals surface area contributed by atoms with E-state index in [-0.39, 0.29) is 6.04 Å². The molecule has 2 unspecified atom stereocenters. The maximum absolute atomic E-state index is 6.38. The zero-order valence-electron chi connectivity index (χ0n) is 11.2. The molecule has 19 heavy (non-hydrogen) atoms. The Kier molecular flexibility index (Phi) is 3.65. The van der Waals surface area contributed by atoms with Gasteiger partial charge in [0.1, 0.15) is 0 Å². The van der Waals surface area contributed by atoms with E-state index in [9.17, 15) is 0 Å². The molecule has 0 radical (unpaired) electrons. The molecule has 2 N–H and O–H groups in total. The summed E-state index contributed by atoms with van der Waals surface area (Å²) in [5, 5.41) is 4.49. The molecule has 0 amide bonds. The number of nitrogens with zero attached hydrogens (tertiary/aromatic N) is 2. The molecule has 1 saturated carbocycles. The van der Waals surface area contributed by atoms with E-state index in [1.807, 2.05) is 24.4 Å². The average Bonchev–Trinajstić information content (AvgIpc) is 2.83. The van der Waals surface area contributed by atoms with Crippen LogP contribution in [0.3, 0.4) is 0 Å². The van der Waals surface area contributed by atoms with Gasteiger partial charge < -0.3 is 5.73 Å². The maximum Gasteiger partial charge on any atom is 0.0648 e. The molecule has 100 valence electrons. The highest BCUT2D eigenvalue weighted by Crippen LogP contribution is 2.31. The van der Waals surface area contributed by atoms with Crippen molar-refractivity contribution in [1.29, 1.82) is 0 Å². The van der Waals surface area contributed by atoms with Gasteiger partial charge in [-0.1, -0.05) is 37.5 Å². The van der Waals surface area contributed by atoms with Crippen molar-refractivity contribution in [3.8, 4) is 5.69 Å². The van der Waals surface area contributed by atoms with Crippen LogP contribution in [0.4, 0.5) is 0 Å². The van der Waals surface area contributed by atoms with E-state index >= 15 is 0 Å². The molecule has 1 aliphatic carbocycles. The Bertz CT molecular complexity index is 518. The Labute approximate surface area is 114 Å². The molecule has 1 aromatic carbocycles. The van der Waals surface area contributed by atoms with Crippen molar-refractivity contribution in [3.05, 3.63) is 48.3 Å². The monoisotopic (exact) mass is 255 g/mol. The van der Waals surface area contributed by atoms with Gasteiger partial charge in [-0.05, 0) is 31.0 Å². The molecular formula is C16H21N3. The molecule has 1 heterocycles. The van der Waals surface area contributed by atoms with Crippen LogP contribution in [-0.2, 0) is 0 Å². The van der Waals surface area contributed by atoms with Crippen LogP contribution in [0.25, 0.3) is 5.69 Å². The molecule has 2 aromatic rings. The zero-order valence-corrected chi connectivity index (χ0v) is 11.2. The van der Waals surface area contributed by atoms with Crippen LogP contribution in [0.1, 0.15) is 43.7 Å². The molecule has 0 aliphatic heterocycles. The highest BCUT2D eigenvalue weighted by Gasteiger charge is 2.25. The molecular weight excluding hydrogens is 234 g/mol. The van der Waals surface area contributed by atoms with Gasteiger partial charge in [0.25, 0.3) is 0 Å². The molecule has 3 nitrogen and oxygen atoms in total. The van der Waals surface area contributed by atoms with Crippen LogP contribution in [0.2, 0.25) is 0 Å². The molecule has 1 fully saturated rings. The number of para-hydroxylation sites is 1. The van der Waals surface area contributed by atoms with E-state index in [4.69, 9.17) is 5.73 Å². The van der Waals surface area contributed by atoms with E-state index in [1.165, 1.54) is 31.4 Å². The Morgan fingerprint density at radius 1 is 1.00 bits per heavy atom. The molecule has 1 aromatic heterocycles. The number of hydrogen-bond acceptors (Lipinski definition) is 2. The predicted molar refractivity (Wildman–Crippen MR) is 77.4 cm³/mol. The van der Waals surface area contributed by atoms with E-state index in [0.29, 0.717) is 5.92 Å². The summed E-state index contributed by atoms with van der Waals surface area (Å²) in [6.07, 6.45) is 8.05. The molecule has 0 saturated heterocycles. The van der Waals surface area contributed by atoms with E-state index < -0.39 is 0 Å². The lowest BCUT2D eigenvalue weighted by Gasteiger charge is -2.22. The Balaban J connectivity index is 1.95. The van der Waals surface area contributed by atoms with Gasteiger partial charge in [-0.15, -0.1) is 0 Å². The summed E-state index contributed by atoms with van der Waals surface area (Å²) in [5.41, 5.74) is 8.76. The topological polar surface area (TPSA) is 43.8 Å². The molecule has 3 heteroatoms. The van der Waals surface area contributed by atoms with Crippen molar-refractivity contribution >= 4 is 0 Å². The molecule has 1 aliphatic rings. The number of benzene rings is 1. The fourth-order valence-electron chi connectivity index (χ4n) is 3.08. The van der Waals surface area contributed by atoms with E-state index in [2.05, 4.69) is 28.0 Å². The standard InChI is InChI=1S/C16H21N3/c17-15-10-6-2-5-9-14(15)16-11-12-18-19(16)13-7-3-1-4-8-13/h1,3-4,7-8,11-12,14-15H,2,5-6,9-10,17H2. The van der Waals surface area contributed by atoms with Gasteiger partial charge in [-0.25, -0.2) is 4.68 Å². The summed E-state index contributed by atoms with van der Waals surface area (Å²) >= 11 is 0. The van der Waals surface area contributed by atoms with Crippen molar-refractivity contribution in [2.75, 3.05) is 0 Å². The lowest BCUT2D eigenvalue weighted by atomic mass is 9.92. The Morgan fingerprint density at radius 2 is 1.79 bits per heavy atom. The van der Waals surface area contributed by atoms with E-state index in [0.717, 1.165) is 12.1 Å². The lowest BCUT2D eigenvalue weighted by molar-refractivity contribution is 0.484. The van der Waals surface area contributed by atoms with Crippen molar-refractivity contribution in [3.63, 3.8) is 0 Å². The quantitative estimate of drug-likeness (QED) is 0.837. The SMILES string of the molecule is NC1CCCCCC1c1ccnn1-c1ccccc1. The van der Waals surface area contributed by atoms with Crippen molar-refractivity contribution < 1.29 is 0 Å². The zero-order chi connectivity index (χ0) is 13.1. The molecule has 2 atom stereocenters. The minimum absolute atomic E-state index is 0.265. The van der Waals surface area contributed by atoms with Gasteiger partial charge >= 0.3 is 0 Å².